The lowest BCUT2D eigenvalue weighted by atomic mass is 10.1. The second-order valence-corrected chi connectivity index (χ2v) is 5.31. The maximum Gasteiger partial charge on any atom is 0.261 e. The molecule has 1 aromatic heterocycles. The predicted molar refractivity (Wildman–Crippen MR) is 83.6 cm³/mol. The van der Waals surface area contributed by atoms with E-state index in [4.69, 9.17) is 5.21 Å². The number of rotatable bonds is 8. The third-order valence-electron chi connectivity index (χ3n) is 3.66. The Kier molecular flexibility index (Phi) is 6.09. The van der Waals surface area contributed by atoms with Gasteiger partial charge in [-0.05, 0) is 25.0 Å². The van der Waals surface area contributed by atoms with E-state index in [1.54, 1.807) is 22.4 Å². The molecular formula is C16H21N3O3. The van der Waals surface area contributed by atoms with E-state index in [2.05, 4.69) is 4.98 Å². The highest BCUT2D eigenvalue weighted by Crippen LogP contribution is 2.08. The summed E-state index contributed by atoms with van der Waals surface area (Å²) in [7, 11) is 0. The van der Waals surface area contributed by atoms with Crippen LogP contribution in [0.5, 0.6) is 0 Å². The summed E-state index contributed by atoms with van der Waals surface area (Å²) in [5.74, 6) is -0.339. The monoisotopic (exact) mass is 303 g/mol. The molecular weight excluding hydrogens is 282 g/mol. The van der Waals surface area contributed by atoms with Crippen molar-refractivity contribution in [3.8, 4) is 0 Å². The molecule has 0 radical (unpaired) electrons. The Morgan fingerprint density at radius 3 is 2.68 bits per heavy atom. The summed E-state index contributed by atoms with van der Waals surface area (Å²) in [6.45, 7) is 0.661. The number of hydrogen-bond acceptors (Lipinski definition) is 4. The van der Waals surface area contributed by atoms with Gasteiger partial charge in [0, 0.05) is 13.0 Å². The van der Waals surface area contributed by atoms with E-state index in [1.807, 2.05) is 18.2 Å². The number of amides is 1. The van der Waals surface area contributed by atoms with E-state index in [0.717, 1.165) is 37.6 Å². The summed E-state index contributed by atoms with van der Waals surface area (Å²) >= 11 is 0. The van der Waals surface area contributed by atoms with Crippen molar-refractivity contribution in [1.29, 1.82) is 0 Å². The van der Waals surface area contributed by atoms with Gasteiger partial charge in [-0.2, -0.15) is 0 Å². The SMILES string of the molecule is O=C(CCCCCCCn1cnc2ccccc2c1=O)NO. The van der Waals surface area contributed by atoms with Gasteiger partial charge in [-0.25, -0.2) is 10.5 Å². The molecule has 0 unspecified atom stereocenters. The van der Waals surface area contributed by atoms with Gasteiger partial charge in [-0.1, -0.05) is 31.4 Å². The van der Waals surface area contributed by atoms with Crippen LogP contribution in [-0.2, 0) is 11.3 Å². The minimum atomic E-state index is -0.339. The lowest BCUT2D eigenvalue weighted by Gasteiger charge is -2.06. The summed E-state index contributed by atoms with van der Waals surface area (Å²) < 4.78 is 1.65. The summed E-state index contributed by atoms with van der Waals surface area (Å²) in [6.07, 6.45) is 6.59. The Morgan fingerprint density at radius 1 is 1.14 bits per heavy atom. The molecule has 2 N–H and O–H groups in total. The number of aromatic nitrogens is 2. The average Bonchev–Trinajstić information content (AvgIpc) is 2.55. The van der Waals surface area contributed by atoms with Crippen molar-refractivity contribution in [2.75, 3.05) is 0 Å². The van der Waals surface area contributed by atoms with Gasteiger partial charge in [0.15, 0.2) is 0 Å². The van der Waals surface area contributed by atoms with E-state index in [9.17, 15) is 9.59 Å². The van der Waals surface area contributed by atoms with Gasteiger partial charge in [0.2, 0.25) is 5.91 Å². The molecule has 6 heteroatoms. The number of carbonyl (C=O) groups is 1. The highest BCUT2D eigenvalue weighted by molar-refractivity contribution is 5.76. The number of aryl methyl sites for hydroxylation is 1. The predicted octanol–water partition coefficient (Wildman–Crippen LogP) is 2.24. The van der Waals surface area contributed by atoms with Gasteiger partial charge >= 0.3 is 0 Å². The molecule has 2 rings (SSSR count). The summed E-state index contributed by atoms with van der Waals surface area (Å²) in [6, 6.07) is 7.35. The molecule has 0 bridgehead atoms. The second kappa shape index (κ2) is 8.29. The molecule has 118 valence electrons. The minimum absolute atomic E-state index is 0.00483. The molecule has 0 saturated carbocycles. The van der Waals surface area contributed by atoms with Crippen molar-refractivity contribution in [1.82, 2.24) is 15.0 Å². The number of nitrogens with one attached hydrogen (secondary N) is 1. The molecule has 0 aliphatic carbocycles. The highest BCUT2D eigenvalue weighted by Gasteiger charge is 2.03. The fourth-order valence-electron chi connectivity index (χ4n) is 2.42. The zero-order valence-electron chi connectivity index (χ0n) is 12.5. The first-order chi connectivity index (χ1) is 10.7. The number of para-hydroxylation sites is 1. The van der Waals surface area contributed by atoms with Gasteiger partial charge in [0.1, 0.15) is 0 Å². The Labute approximate surface area is 128 Å². The molecule has 0 spiro atoms. The number of hydroxylamine groups is 1. The Morgan fingerprint density at radius 2 is 1.86 bits per heavy atom. The van der Waals surface area contributed by atoms with E-state index < -0.39 is 0 Å². The lowest BCUT2D eigenvalue weighted by molar-refractivity contribution is -0.129. The van der Waals surface area contributed by atoms with Crippen LogP contribution in [0, 0.1) is 0 Å². The van der Waals surface area contributed by atoms with Crippen molar-refractivity contribution < 1.29 is 10.0 Å². The number of hydrogen-bond donors (Lipinski definition) is 2. The van der Waals surface area contributed by atoms with Crippen LogP contribution in [0.2, 0.25) is 0 Å². The topological polar surface area (TPSA) is 84.2 Å². The largest absolute Gasteiger partial charge is 0.299 e. The zero-order valence-corrected chi connectivity index (χ0v) is 12.5. The first-order valence-corrected chi connectivity index (χ1v) is 7.59. The molecule has 6 nitrogen and oxygen atoms in total. The van der Waals surface area contributed by atoms with Crippen LogP contribution in [0.15, 0.2) is 35.4 Å². The molecule has 0 aliphatic rings. The first kappa shape index (κ1) is 16.2. The number of carbonyl (C=O) groups excluding carboxylic acids is 1. The maximum atomic E-state index is 12.3. The van der Waals surface area contributed by atoms with E-state index in [-0.39, 0.29) is 11.5 Å². The van der Waals surface area contributed by atoms with Gasteiger partial charge in [0.25, 0.3) is 5.56 Å². The third kappa shape index (κ3) is 4.39. The van der Waals surface area contributed by atoms with Gasteiger partial charge < -0.3 is 0 Å². The van der Waals surface area contributed by atoms with Crippen molar-refractivity contribution in [3.63, 3.8) is 0 Å². The number of benzene rings is 1. The molecule has 1 heterocycles. The third-order valence-corrected chi connectivity index (χ3v) is 3.66. The molecule has 0 atom stereocenters. The number of nitrogens with zero attached hydrogens (tertiary/aromatic N) is 2. The molecule has 22 heavy (non-hydrogen) atoms. The first-order valence-electron chi connectivity index (χ1n) is 7.59. The van der Waals surface area contributed by atoms with Gasteiger partial charge in [-0.15, -0.1) is 0 Å². The van der Waals surface area contributed by atoms with Crippen LogP contribution in [0.4, 0.5) is 0 Å². The summed E-state index contributed by atoms with van der Waals surface area (Å²) in [4.78, 5) is 27.4. The van der Waals surface area contributed by atoms with E-state index in [1.165, 1.54) is 0 Å². The smallest absolute Gasteiger partial charge is 0.261 e. The van der Waals surface area contributed by atoms with Crippen LogP contribution in [0.1, 0.15) is 38.5 Å². The lowest BCUT2D eigenvalue weighted by Crippen LogP contribution is -2.20. The van der Waals surface area contributed by atoms with Crippen LogP contribution in [0.25, 0.3) is 10.9 Å². The van der Waals surface area contributed by atoms with E-state index >= 15 is 0 Å². The fourth-order valence-corrected chi connectivity index (χ4v) is 2.42. The quantitative estimate of drug-likeness (QED) is 0.445. The van der Waals surface area contributed by atoms with Crippen LogP contribution in [-0.4, -0.2) is 20.7 Å². The molecule has 2 aromatic rings. The molecule has 0 fully saturated rings. The Balaban J connectivity index is 1.75. The van der Waals surface area contributed by atoms with Gasteiger partial charge in [0.05, 0.1) is 17.2 Å². The summed E-state index contributed by atoms with van der Waals surface area (Å²) in [5, 5.41) is 9.02. The zero-order chi connectivity index (χ0) is 15.8. The molecule has 1 aromatic carbocycles. The normalized spacial score (nSPS) is 10.8. The van der Waals surface area contributed by atoms with Crippen molar-refractivity contribution in [2.45, 2.75) is 45.1 Å². The van der Waals surface area contributed by atoms with Crippen LogP contribution < -0.4 is 11.0 Å². The minimum Gasteiger partial charge on any atom is -0.299 e. The average molecular weight is 303 g/mol. The fraction of sp³-hybridized carbons (Fsp3) is 0.438. The van der Waals surface area contributed by atoms with Crippen LogP contribution >= 0.6 is 0 Å². The number of unbranched alkanes of at least 4 members (excludes halogenated alkanes) is 4. The number of fused-ring (bicyclic) bond motifs is 1. The standard InChI is InChI=1S/C16H21N3O3/c20-15(18-22)10-4-2-1-3-7-11-19-12-17-14-9-6-5-8-13(14)16(19)21/h5-6,8-9,12,22H,1-4,7,10-11H2,(H,18,20). The molecule has 0 saturated heterocycles. The Hall–Kier alpha value is -2.21. The highest BCUT2D eigenvalue weighted by atomic mass is 16.5. The van der Waals surface area contributed by atoms with Gasteiger partial charge in [-0.3, -0.25) is 19.4 Å². The van der Waals surface area contributed by atoms with E-state index in [0.29, 0.717) is 18.4 Å². The maximum absolute atomic E-state index is 12.3. The second-order valence-electron chi connectivity index (χ2n) is 5.31. The van der Waals surface area contributed by atoms with Crippen LogP contribution in [0.3, 0.4) is 0 Å². The van der Waals surface area contributed by atoms with Crippen molar-refractivity contribution in [2.24, 2.45) is 0 Å². The van der Waals surface area contributed by atoms with Crippen molar-refractivity contribution in [3.05, 3.63) is 40.9 Å². The summed E-state index contributed by atoms with van der Waals surface area (Å²) in [5.41, 5.74) is 2.36. The molecule has 1 amide bonds. The molecule has 0 aliphatic heterocycles. The van der Waals surface area contributed by atoms with Crippen molar-refractivity contribution >= 4 is 16.8 Å². The Bertz CT molecular complexity index is 682.